The van der Waals surface area contributed by atoms with Gasteiger partial charge in [0.2, 0.25) is 0 Å². The molecule has 0 saturated carbocycles. The van der Waals surface area contributed by atoms with Crippen LogP contribution in [-0.2, 0) is 9.53 Å². The topological polar surface area (TPSA) is 65.6 Å². The second-order valence-electron chi connectivity index (χ2n) is 9.31. The van der Waals surface area contributed by atoms with Gasteiger partial charge in [0, 0.05) is 20.6 Å². The van der Waals surface area contributed by atoms with Crippen LogP contribution in [0.4, 0.5) is 0 Å². The van der Waals surface area contributed by atoms with Crippen molar-refractivity contribution < 1.29 is 9.53 Å². The smallest absolute Gasteiger partial charge is 0.338 e. The first-order valence-corrected chi connectivity index (χ1v) is 14.3. The number of hydrogen-bond donors (Lipinski definition) is 0. The maximum absolute atomic E-state index is 13.9. The molecule has 0 saturated heterocycles. The highest BCUT2D eigenvalue weighted by Crippen LogP contribution is 2.30. The van der Waals surface area contributed by atoms with E-state index >= 15 is 0 Å². The number of carbonyl (C=O) groups excluding carboxylic acids is 1. The molecule has 6 nitrogen and oxygen atoms in total. The van der Waals surface area contributed by atoms with Crippen LogP contribution in [0.3, 0.4) is 0 Å². The van der Waals surface area contributed by atoms with Gasteiger partial charge in [0.25, 0.3) is 5.56 Å². The molecule has 2 aromatic heterocycles. The first-order chi connectivity index (χ1) is 18.2. The van der Waals surface area contributed by atoms with E-state index in [1.807, 2.05) is 36.4 Å². The monoisotopic (exact) mass is 637 g/mol. The first-order valence-electron chi connectivity index (χ1n) is 12.4. The molecule has 8 heteroatoms. The highest BCUT2D eigenvalue weighted by Gasteiger charge is 2.33. The summed E-state index contributed by atoms with van der Waals surface area (Å²) in [6.07, 6.45) is 1.94. The molecule has 0 bridgehead atoms. The number of thiazole rings is 1. The van der Waals surface area contributed by atoms with Gasteiger partial charge in [0.05, 0.1) is 28.5 Å². The van der Waals surface area contributed by atoms with Crippen molar-refractivity contribution in [1.82, 2.24) is 9.13 Å². The average molecular weight is 638 g/mol. The molecule has 5 rings (SSSR count). The molecular formula is C30H28IN3O3S. The largest absolute Gasteiger partial charge is 0.463 e. The summed E-state index contributed by atoms with van der Waals surface area (Å²) in [4.78, 5) is 32.1. The normalized spacial score (nSPS) is 15.4. The van der Waals surface area contributed by atoms with Crippen LogP contribution in [0.2, 0.25) is 0 Å². The molecule has 0 unspecified atom stereocenters. The Balaban J connectivity index is 1.68. The highest BCUT2D eigenvalue weighted by atomic mass is 127. The second kappa shape index (κ2) is 10.5. The van der Waals surface area contributed by atoms with Crippen molar-refractivity contribution in [2.75, 3.05) is 6.61 Å². The lowest BCUT2D eigenvalue weighted by Gasteiger charge is -2.24. The van der Waals surface area contributed by atoms with Gasteiger partial charge in [-0.15, -0.1) is 0 Å². The third kappa shape index (κ3) is 4.60. The second-order valence-corrected chi connectivity index (χ2v) is 11.5. The molecule has 0 N–H and O–H groups in total. The summed E-state index contributed by atoms with van der Waals surface area (Å²) in [6, 6.07) is 17.5. The van der Waals surface area contributed by atoms with Gasteiger partial charge in [-0.2, -0.15) is 0 Å². The average Bonchev–Trinajstić information content (AvgIpc) is 3.34. The third-order valence-corrected chi connectivity index (χ3v) is 8.95. The Morgan fingerprint density at radius 1 is 1.11 bits per heavy atom. The number of allylic oxidation sites excluding steroid dienone is 1. The van der Waals surface area contributed by atoms with E-state index in [0.717, 1.165) is 28.2 Å². The molecule has 38 heavy (non-hydrogen) atoms. The molecule has 1 aliphatic heterocycles. The minimum Gasteiger partial charge on any atom is -0.463 e. The molecule has 0 fully saturated rings. The number of fused-ring (bicyclic) bond motifs is 1. The molecule has 194 valence electrons. The van der Waals surface area contributed by atoms with Gasteiger partial charge in [0.1, 0.15) is 0 Å². The predicted molar refractivity (Wildman–Crippen MR) is 160 cm³/mol. The number of nitrogens with zero attached hydrogens (tertiary/aromatic N) is 3. The number of ether oxygens (including phenoxy) is 1. The lowest BCUT2D eigenvalue weighted by atomic mass is 9.96. The summed E-state index contributed by atoms with van der Waals surface area (Å²) < 4.78 is 11.0. The zero-order valence-electron chi connectivity index (χ0n) is 21.9. The number of hydrogen-bond acceptors (Lipinski definition) is 5. The van der Waals surface area contributed by atoms with Crippen LogP contribution in [0, 0.1) is 24.3 Å². The van der Waals surface area contributed by atoms with Gasteiger partial charge in [-0.3, -0.25) is 9.36 Å². The lowest BCUT2D eigenvalue weighted by Crippen LogP contribution is -2.39. The summed E-state index contributed by atoms with van der Waals surface area (Å²) in [5.41, 5.74) is 7.07. The zero-order chi connectivity index (χ0) is 27.1. The van der Waals surface area contributed by atoms with Crippen molar-refractivity contribution in [1.29, 1.82) is 0 Å². The van der Waals surface area contributed by atoms with Crippen LogP contribution < -0.4 is 14.9 Å². The van der Waals surface area contributed by atoms with Gasteiger partial charge in [-0.25, -0.2) is 9.79 Å². The molecule has 2 aromatic carbocycles. The fraction of sp³-hybridized carbons (Fsp3) is 0.233. The van der Waals surface area contributed by atoms with E-state index in [1.165, 1.54) is 20.5 Å². The van der Waals surface area contributed by atoms with Crippen molar-refractivity contribution in [3.63, 3.8) is 0 Å². The number of rotatable bonds is 5. The molecule has 3 heterocycles. The molecule has 4 aromatic rings. The van der Waals surface area contributed by atoms with Gasteiger partial charge >= 0.3 is 5.97 Å². The maximum atomic E-state index is 13.9. The van der Waals surface area contributed by atoms with Gasteiger partial charge in [-0.1, -0.05) is 47.7 Å². The van der Waals surface area contributed by atoms with Crippen LogP contribution >= 0.6 is 33.9 Å². The first kappa shape index (κ1) is 26.4. The van der Waals surface area contributed by atoms with Crippen molar-refractivity contribution in [2.45, 2.75) is 40.7 Å². The summed E-state index contributed by atoms with van der Waals surface area (Å²) in [5.74, 6) is -0.451. The number of benzene rings is 2. The predicted octanol–water partition coefficient (Wildman–Crippen LogP) is 5.12. The number of halogens is 1. The Kier molecular flexibility index (Phi) is 7.28. The van der Waals surface area contributed by atoms with E-state index in [-0.39, 0.29) is 12.2 Å². The SMILES string of the molecule is CCOC(=O)C1=C(C)N=c2s/c(=C/c3cc(C)n(-c4ccc(C)c(I)c4)c3C)c(=O)n2[C@@H]1c1ccccc1. The number of aryl methyl sites for hydroxylation is 2. The summed E-state index contributed by atoms with van der Waals surface area (Å²) in [7, 11) is 0. The van der Waals surface area contributed by atoms with E-state index < -0.39 is 12.0 Å². The van der Waals surface area contributed by atoms with Crippen LogP contribution in [0.25, 0.3) is 11.8 Å². The van der Waals surface area contributed by atoms with E-state index in [0.29, 0.717) is 20.6 Å². The Labute approximate surface area is 238 Å². The van der Waals surface area contributed by atoms with Gasteiger partial charge in [0.15, 0.2) is 4.80 Å². The van der Waals surface area contributed by atoms with E-state index in [4.69, 9.17) is 4.74 Å². The molecule has 0 amide bonds. The Morgan fingerprint density at radius 2 is 1.84 bits per heavy atom. The van der Waals surface area contributed by atoms with Crippen LogP contribution in [0.15, 0.2) is 75.7 Å². The molecule has 0 radical (unpaired) electrons. The quantitative estimate of drug-likeness (QED) is 0.226. The number of carbonyl (C=O) groups is 1. The third-order valence-electron chi connectivity index (χ3n) is 6.80. The fourth-order valence-corrected chi connectivity index (χ4v) is 6.47. The fourth-order valence-electron chi connectivity index (χ4n) is 4.94. The van der Waals surface area contributed by atoms with Crippen molar-refractivity contribution in [3.8, 4) is 5.69 Å². The van der Waals surface area contributed by atoms with Crippen LogP contribution in [0.5, 0.6) is 0 Å². The maximum Gasteiger partial charge on any atom is 0.338 e. The zero-order valence-corrected chi connectivity index (χ0v) is 24.9. The van der Waals surface area contributed by atoms with E-state index in [1.54, 1.807) is 18.4 Å². The Morgan fingerprint density at radius 3 is 2.53 bits per heavy atom. The standard InChI is InChI=1S/C30H28IN3O3S/c1-6-37-29(36)26-19(4)32-30-34(27(26)21-10-8-7-9-11-21)28(35)25(38-30)15-22-14-18(3)33(20(22)5)23-13-12-17(2)24(31)16-23/h7-16,27H,6H2,1-5H3/b25-15+/t27-/m1/s1. The van der Waals surface area contributed by atoms with Crippen molar-refractivity contribution >= 4 is 46.0 Å². The van der Waals surface area contributed by atoms with Crippen LogP contribution in [0.1, 0.15) is 48.0 Å². The van der Waals surface area contributed by atoms with Gasteiger partial charge < -0.3 is 9.30 Å². The molecule has 1 atom stereocenters. The Bertz CT molecular complexity index is 1780. The summed E-state index contributed by atoms with van der Waals surface area (Å²) in [5, 5.41) is 0. The molecule has 0 aliphatic carbocycles. The summed E-state index contributed by atoms with van der Waals surface area (Å²) >= 11 is 3.70. The van der Waals surface area contributed by atoms with Crippen LogP contribution in [-0.4, -0.2) is 21.7 Å². The highest BCUT2D eigenvalue weighted by molar-refractivity contribution is 14.1. The van der Waals surface area contributed by atoms with Gasteiger partial charge in [-0.05, 0) is 98.2 Å². The lowest BCUT2D eigenvalue weighted by molar-refractivity contribution is -0.139. The molecular weight excluding hydrogens is 609 g/mol. The number of aromatic nitrogens is 2. The molecule has 0 spiro atoms. The molecule has 1 aliphatic rings. The minimum absolute atomic E-state index is 0.174. The Hall–Kier alpha value is -3.24. The number of esters is 1. The summed E-state index contributed by atoms with van der Waals surface area (Å²) in [6.45, 7) is 10.1. The minimum atomic E-state index is -0.601. The van der Waals surface area contributed by atoms with Crippen molar-refractivity contribution in [2.24, 2.45) is 4.99 Å². The van der Waals surface area contributed by atoms with E-state index in [2.05, 4.69) is 77.2 Å². The van der Waals surface area contributed by atoms with Crippen molar-refractivity contribution in [3.05, 3.63) is 117 Å². The van der Waals surface area contributed by atoms with E-state index in [9.17, 15) is 9.59 Å².